The predicted molar refractivity (Wildman–Crippen MR) is 92.7 cm³/mol. The molecule has 0 aliphatic carbocycles. The normalized spacial score (nSPS) is 12.6. The van der Waals surface area contributed by atoms with Gasteiger partial charge in [-0.1, -0.05) is 42.8 Å². The molecule has 23 heavy (non-hydrogen) atoms. The number of nitrogens with zero attached hydrogens (tertiary/aromatic N) is 1. The molecule has 2 rings (SSSR count). The SMILES string of the molecule is CCC(O)CN(Cc1ccc(F)cc1)Cc1ccc(C)cc1C. The molecule has 0 bridgehead atoms. The van der Waals surface area contributed by atoms with Crippen molar-refractivity contribution in [3.05, 3.63) is 70.5 Å². The van der Waals surface area contributed by atoms with E-state index in [1.54, 1.807) is 0 Å². The van der Waals surface area contributed by atoms with Gasteiger partial charge < -0.3 is 5.11 Å². The van der Waals surface area contributed by atoms with Gasteiger partial charge in [0.1, 0.15) is 5.82 Å². The molecule has 0 amide bonds. The maximum absolute atomic E-state index is 13.1. The lowest BCUT2D eigenvalue weighted by molar-refractivity contribution is 0.101. The summed E-state index contributed by atoms with van der Waals surface area (Å²) in [4.78, 5) is 2.22. The monoisotopic (exact) mass is 315 g/mol. The number of halogens is 1. The van der Waals surface area contributed by atoms with Crippen LogP contribution in [-0.2, 0) is 13.1 Å². The second-order valence-electron chi connectivity index (χ2n) is 6.29. The molecule has 0 fully saturated rings. The van der Waals surface area contributed by atoms with Crippen molar-refractivity contribution in [2.24, 2.45) is 0 Å². The zero-order chi connectivity index (χ0) is 16.8. The fourth-order valence-electron chi connectivity index (χ4n) is 2.72. The van der Waals surface area contributed by atoms with Gasteiger partial charge in [0.05, 0.1) is 6.10 Å². The number of aliphatic hydroxyl groups is 1. The summed E-state index contributed by atoms with van der Waals surface area (Å²) < 4.78 is 13.1. The van der Waals surface area contributed by atoms with Crippen molar-refractivity contribution in [1.29, 1.82) is 0 Å². The summed E-state index contributed by atoms with van der Waals surface area (Å²) in [6.07, 6.45) is 0.383. The average Bonchev–Trinajstić information content (AvgIpc) is 2.52. The van der Waals surface area contributed by atoms with Crippen LogP contribution in [0, 0.1) is 19.7 Å². The second kappa shape index (κ2) is 8.23. The first-order chi connectivity index (χ1) is 11.0. The molecular weight excluding hydrogens is 289 g/mol. The van der Waals surface area contributed by atoms with E-state index in [-0.39, 0.29) is 11.9 Å². The van der Waals surface area contributed by atoms with Gasteiger partial charge in [-0.05, 0) is 49.1 Å². The van der Waals surface area contributed by atoms with Crippen molar-refractivity contribution in [2.75, 3.05) is 6.54 Å². The number of aliphatic hydroxyl groups excluding tert-OH is 1. The van der Waals surface area contributed by atoms with E-state index in [9.17, 15) is 9.50 Å². The molecule has 3 heteroatoms. The standard InChI is InChI=1S/C20H26FNO/c1-4-20(23)14-22(12-17-6-9-19(21)10-7-17)13-18-8-5-15(2)11-16(18)3/h5-11,20,23H,4,12-14H2,1-3H3. The first kappa shape index (κ1) is 17.6. The third-order valence-electron chi connectivity index (χ3n) is 4.15. The molecule has 0 saturated heterocycles. The zero-order valence-electron chi connectivity index (χ0n) is 14.2. The minimum Gasteiger partial charge on any atom is -0.392 e. The molecule has 0 spiro atoms. The van der Waals surface area contributed by atoms with Crippen LogP contribution in [0.25, 0.3) is 0 Å². The molecule has 0 aliphatic rings. The summed E-state index contributed by atoms with van der Waals surface area (Å²) in [5, 5.41) is 10.0. The summed E-state index contributed by atoms with van der Waals surface area (Å²) in [6, 6.07) is 13.0. The Labute approximate surface area is 138 Å². The maximum atomic E-state index is 13.1. The van der Waals surface area contributed by atoms with Crippen LogP contribution >= 0.6 is 0 Å². The van der Waals surface area contributed by atoms with Crippen LogP contribution in [0.15, 0.2) is 42.5 Å². The van der Waals surface area contributed by atoms with Crippen molar-refractivity contribution in [3.63, 3.8) is 0 Å². The number of rotatable bonds is 7. The van der Waals surface area contributed by atoms with E-state index < -0.39 is 0 Å². The summed E-state index contributed by atoms with van der Waals surface area (Å²) in [6.45, 7) is 8.28. The lowest BCUT2D eigenvalue weighted by atomic mass is 10.0. The lowest BCUT2D eigenvalue weighted by Crippen LogP contribution is -2.31. The van der Waals surface area contributed by atoms with Gasteiger partial charge in [-0.15, -0.1) is 0 Å². The molecule has 124 valence electrons. The third kappa shape index (κ3) is 5.45. The van der Waals surface area contributed by atoms with Crippen molar-refractivity contribution >= 4 is 0 Å². The van der Waals surface area contributed by atoms with Gasteiger partial charge in [-0.3, -0.25) is 4.90 Å². The Morgan fingerprint density at radius 1 is 1.04 bits per heavy atom. The topological polar surface area (TPSA) is 23.5 Å². The quantitative estimate of drug-likeness (QED) is 0.827. The van der Waals surface area contributed by atoms with E-state index in [0.717, 1.165) is 18.5 Å². The zero-order valence-corrected chi connectivity index (χ0v) is 14.2. The Kier molecular flexibility index (Phi) is 6.31. The fourth-order valence-corrected chi connectivity index (χ4v) is 2.72. The van der Waals surface area contributed by atoms with Crippen LogP contribution < -0.4 is 0 Å². The molecule has 2 aromatic rings. The Hall–Kier alpha value is -1.71. The Morgan fingerprint density at radius 3 is 2.35 bits per heavy atom. The third-order valence-corrected chi connectivity index (χ3v) is 4.15. The number of hydrogen-bond donors (Lipinski definition) is 1. The molecule has 0 aromatic heterocycles. The molecule has 1 unspecified atom stereocenters. The minimum absolute atomic E-state index is 0.219. The van der Waals surface area contributed by atoms with Crippen molar-refractivity contribution in [2.45, 2.75) is 46.4 Å². The molecule has 0 aliphatic heterocycles. The van der Waals surface area contributed by atoms with Gasteiger partial charge in [0.15, 0.2) is 0 Å². The van der Waals surface area contributed by atoms with Gasteiger partial charge in [-0.25, -0.2) is 4.39 Å². The fraction of sp³-hybridized carbons (Fsp3) is 0.400. The Morgan fingerprint density at radius 2 is 1.74 bits per heavy atom. The average molecular weight is 315 g/mol. The first-order valence-corrected chi connectivity index (χ1v) is 8.19. The molecular formula is C20H26FNO. The van der Waals surface area contributed by atoms with E-state index in [0.29, 0.717) is 13.1 Å². The van der Waals surface area contributed by atoms with Gasteiger partial charge in [-0.2, -0.15) is 0 Å². The second-order valence-corrected chi connectivity index (χ2v) is 6.29. The number of aryl methyl sites for hydroxylation is 2. The van der Waals surface area contributed by atoms with Crippen molar-refractivity contribution in [1.82, 2.24) is 4.90 Å². The van der Waals surface area contributed by atoms with E-state index in [4.69, 9.17) is 0 Å². The van der Waals surface area contributed by atoms with Gasteiger partial charge >= 0.3 is 0 Å². The summed E-state index contributed by atoms with van der Waals surface area (Å²) in [5.41, 5.74) is 4.84. The van der Waals surface area contributed by atoms with Gasteiger partial charge in [0, 0.05) is 19.6 Å². The van der Waals surface area contributed by atoms with Crippen molar-refractivity contribution in [3.8, 4) is 0 Å². The number of hydrogen-bond acceptors (Lipinski definition) is 2. The van der Waals surface area contributed by atoms with Crippen LogP contribution in [0.5, 0.6) is 0 Å². The highest BCUT2D eigenvalue weighted by Gasteiger charge is 2.13. The maximum Gasteiger partial charge on any atom is 0.123 e. The van der Waals surface area contributed by atoms with Crippen LogP contribution in [0.4, 0.5) is 4.39 Å². The smallest absolute Gasteiger partial charge is 0.123 e. The Balaban J connectivity index is 2.14. The lowest BCUT2D eigenvalue weighted by Gasteiger charge is -2.25. The first-order valence-electron chi connectivity index (χ1n) is 8.19. The largest absolute Gasteiger partial charge is 0.392 e. The van der Waals surface area contributed by atoms with E-state index >= 15 is 0 Å². The summed E-state index contributed by atoms with van der Waals surface area (Å²) in [5.74, 6) is -0.219. The molecule has 2 aromatic carbocycles. The molecule has 2 nitrogen and oxygen atoms in total. The number of benzene rings is 2. The molecule has 1 atom stereocenters. The van der Waals surface area contributed by atoms with Crippen molar-refractivity contribution < 1.29 is 9.50 Å². The molecule has 0 saturated carbocycles. The van der Waals surface area contributed by atoms with Crippen LogP contribution in [-0.4, -0.2) is 22.7 Å². The summed E-state index contributed by atoms with van der Waals surface area (Å²) in [7, 11) is 0. The van der Waals surface area contributed by atoms with E-state index in [1.807, 2.05) is 19.1 Å². The van der Waals surface area contributed by atoms with Crippen LogP contribution in [0.1, 0.15) is 35.6 Å². The Bertz CT molecular complexity index is 624. The molecule has 0 heterocycles. The highest BCUT2D eigenvalue weighted by atomic mass is 19.1. The van der Waals surface area contributed by atoms with E-state index in [2.05, 4.69) is 36.9 Å². The van der Waals surface area contributed by atoms with Gasteiger partial charge in [0.25, 0.3) is 0 Å². The van der Waals surface area contributed by atoms with Gasteiger partial charge in [0.2, 0.25) is 0 Å². The minimum atomic E-state index is -0.346. The highest BCUT2D eigenvalue weighted by molar-refractivity contribution is 5.30. The van der Waals surface area contributed by atoms with Crippen LogP contribution in [0.2, 0.25) is 0 Å². The predicted octanol–water partition coefficient (Wildman–Crippen LogP) is 4.22. The van der Waals surface area contributed by atoms with E-state index in [1.165, 1.54) is 28.8 Å². The molecule has 1 N–H and O–H groups in total. The molecule has 0 radical (unpaired) electrons. The highest BCUT2D eigenvalue weighted by Crippen LogP contribution is 2.16. The van der Waals surface area contributed by atoms with Crippen LogP contribution in [0.3, 0.4) is 0 Å². The summed E-state index contributed by atoms with van der Waals surface area (Å²) >= 11 is 0.